The summed E-state index contributed by atoms with van der Waals surface area (Å²) in [5.41, 5.74) is 3.21. The molecule has 3 aromatic carbocycles. The van der Waals surface area contributed by atoms with Crippen molar-refractivity contribution in [2.75, 3.05) is 5.32 Å². The molecular formula is C22H16BrClN4O. The summed E-state index contributed by atoms with van der Waals surface area (Å²) < 4.78 is 2.59. The fraction of sp³-hybridized carbons (Fsp3) is 0.0455. The summed E-state index contributed by atoms with van der Waals surface area (Å²) in [6, 6.07) is 22.5. The average molecular weight is 468 g/mol. The monoisotopic (exact) mass is 466 g/mol. The summed E-state index contributed by atoms with van der Waals surface area (Å²) in [6.07, 6.45) is 0. The van der Waals surface area contributed by atoms with E-state index in [1.54, 1.807) is 16.8 Å². The largest absolute Gasteiger partial charge is 0.319 e. The summed E-state index contributed by atoms with van der Waals surface area (Å²) in [5, 5.41) is 7.94. The number of para-hydroxylation sites is 1. The number of amides is 1. The van der Waals surface area contributed by atoms with E-state index in [1.165, 1.54) is 0 Å². The van der Waals surface area contributed by atoms with Crippen molar-refractivity contribution >= 4 is 39.1 Å². The van der Waals surface area contributed by atoms with Crippen LogP contribution < -0.4 is 5.32 Å². The van der Waals surface area contributed by atoms with Crippen LogP contribution in [-0.4, -0.2) is 20.7 Å². The molecule has 0 bridgehead atoms. The highest BCUT2D eigenvalue weighted by Crippen LogP contribution is 2.25. The zero-order chi connectivity index (χ0) is 20.4. The van der Waals surface area contributed by atoms with Crippen LogP contribution in [0.1, 0.15) is 16.2 Å². The standard InChI is InChI=1S/C22H16BrClN4O/c1-14-12-16(23)10-11-19(14)25-22(29)20-26-21(15-6-5-7-17(24)13-15)28(27-20)18-8-3-2-4-9-18/h2-13H,1H3,(H,25,29). The fourth-order valence-electron chi connectivity index (χ4n) is 2.92. The second kappa shape index (κ2) is 8.19. The van der Waals surface area contributed by atoms with Crippen LogP contribution >= 0.6 is 27.5 Å². The first-order valence-electron chi connectivity index (χ1n) is 8.87. The lowest BCUT2D eigenvalue weighted by Gasteiger charge is -2.06. The number of carbonyl (C=O) groups is 1. The molecule has 0 atom stereocenters. The summed E-state index contributed by atoms with van der Waals surface area (Å²) in [6.45, 7) is 1.92. The number of rotatable bonds is 4. The first-order valence-corrected chi connectivity index (χ1v) is 10.0. The van der Waals surface area contributed by atoms with Crippen molar-refractivity contribution in [3.63, 3.8) is 0 Å². The third-order valence-corrected chi connectivity index (χ3v) is 5.06. The number of halogens is 2. The summed E-state index contributed by atoms with van der Waals surface area (Å²) in [7, 11) is 0. The lowest BCUT2D eigenvalue weighted by atomic mass is 10.2. The molecule has 0 saturated carbocycles. The zero-order valence-corrected chi connectivity index (χ0v) is 17.8. The molecule has 0 radical (unpaired) electrons. The van der Waals surface area contributed by atoms with Crippen LogP contribution in [0, 0.1) is 6.92 Å². The maximum Gasteiger partial charge on any atom is 0.295 e. The second-order valence-corrected chi connectivity index (χ2v) is 7.78. The molecule has 4 aromatic rings. The minimum atomic E-state index is -0.381. The van der Waals surface area contributed by atoms with Crippen LogP contribution in [0.4, 0.5) is 5.69 Å². The van der Waals surface area contributed by atoms with Gasteiger partial charge in [-0.2, -0.15) is 0 Å². The molecule has 29 heavy (non-hydrogen) atoms. The van der Waals surface area contributed by atoms with Crippen LogP contribution in [0.25, 0.3) is 17.1 Å². The van der Waals surface area contributed by atoms with E-state index < -0.39 is 0 Å². The Labute approximate surface area is 181 Å². The van der Waals surface area contributed by atoms with E-state index >= 15 is 0 Å². The van der Waals surface area contributed by atoms with E-state index in [0.717, 1.165) is 21.3 Å². The number of aryl methyl sites for hydroxylation is 1. The molecule has 0 unspecified atom stereocenters. The highest BCUT2D eigenvalue weighted by Gasteiger charge is 2.19. The van der Waals surface area contributed by atoms with Crippen molar-refractivity contribution in [2.45, 2.75) is 6.92 Å². The minimum absolute atomic E-state index is 0.0751. The van der Waals surface area contributed by atoms with Gasteiger partial charge in [0.2, 0.25) is 5.82 Å². The van der Waals surface area contributed by atoms with Crippen molar-refractivity contribution in [3.8, 4) is 17.1 Å². The predicted molar refractivity (Wildman–Crippen MR) is 119 cm³/mol. The molecule has 0 saturated heterocycles. The molecule has 0 aliphatic rings. The molecule has 0 aliphatic heterocycles. The number of benzene rings is 3. The Bertz CT molecular complexity index is 1190. The van der Waals surface area contributed by atoms with Crippen molar-refractivity contribution in [1.82, 2.24) is 14.8 Å². The Morgan fingerprint density at radius 1 is 1.03 bits per heavy atom. The summed E-state index contributed by atoms with van der Waals surface area (Å²) in [4.78, 5) is 17.4. The highest BCUT2D eigenvalue weighted by molar-refractivity contribution is 9.10. The average Bonchev–Trinajstić information content (AvgIpc) is 3.16. The van der Waals surface area contributed by atoms with E-state index in [1.807, 2.05) is 67.6 Å². The Hall–Kier alpha value is -2.96. The van der Waals surface area contributed by atoms with E-state index in [2.05, 4.69) is 31.3 Å². The number of hydrogen-bond acceptors (Lipinski definition) is 3. The smallest absolute Gasteiger partial charge is 0.295 e. The SMILES string of the molecule is Cc1cc(Br)ccc1NC(=O)c1nc(-c2cccc(Cl)c2)n(-c2ccccc2)n1. The first kappa shape index (κ1) is 19.4. The van der Waals surface area contributed by atoms with Gasteiger partial charge in [0.15, 0.2) is 5.82 Å². The minimum Gasteiger partial charge on any atom is -0.319 e. The Morgan fingerprint density at radius 3 is 2.55 bits per heavy atom. The Kier molecular flexibility index (Phi) is 5.47. The van der Waals surface area contributed by atoms with Crippen molar-refractivity contribution in [2.24, 2.45) is 0 Å². The predicted octanol–water partition coefficient (Wildman–Crippen LogP) is 5.91. The molecule has 1 N–H and O–H groups in total. The van der Waals surface area contributed by atoms with Crippen LogP contribution in [0.2, 0.25) is 5.02 Å². The molecule has 4 rings (SSSR count). The van der Waals surface area contributed by atoms with Crippen LogP contribution in [0.5, 0.6) is 0 Å². The van der Waals surface area contributed by atoms with Gasteiger partial charge in [-0.1, -0.05) is 57.9 Å². The number of nitrogens with one attached hydrogen (secondary N) is 1. The van der Waals surface area contributed by atoms with Crippen LogP contribution in [0.3, 0.4) is 0 Å². The van der Waals surface area contributed by atoms with Gasteiger partial charge in [0.05, 0.1) is 5.69 Å². The third-order valence-electron chi connectivity index (χ3n) is 4.33. The van der Waals surface area contributed by atoms with E-state index in [-0.39, 0.29) is 11.7 Å². The number of anilines is 1. The molecule has 1 heterocycles. The van der Waals surface area contributed by atoms with Crippen molar-refractivity contribution in [1.29, 1.82) is 0 Å². The Morgan fingerprint density at radius 2 is 1.83 bits per heavy atom. The molecule has 7 heteroatoms. The van der Waals surface area contributed by atoms with Gasteiger partial charge in [0, 0.05) is 20.7 Å². The maximum atomic E-state index is 12.9. The van der Waals surface area contributed by atoms with Gasteiger partial charge in [0.25, 0.3) is 5.91 Å². The quantitative estimate of drug-likeness (QED) is 0.406. The molecule has 0 spiro atoms. The molecule has 1 amide bonds. The summed E-state index contributed by atoms with van der Waals surface area (Å²) >= 11 is 9.59. The van der Waals surface area contributed by atoms with E-state index in [4.69, 9.17) is 11.6 Å². The van der Waals surface area contributed by atoms with E-state index in [0.29, 0.717) is 16.5 Å². The normalized spacial score (nSPS) is 10.7. The molecule has 144 valence electrons. The third kappa shape index (κ3) is 4.23. The number of carbonyl (C=O) groups excluding carboxylic acids is 1. The summed E-state index contributed by atoms with van der Waals surface area (Å²) in [5.74, 6) is 0.232. The van der Waals surface area contributed by atoms with Crippen LogP contribution in [-0.2, 0) is 0 Å². The van der Waals surface area contributed by atoms with Gasteiger partial charge in [-0.25, -0.2) is 9.67 Å². The van der Waals surface area contributed by atoms with Gasteiger partial charge in [-0.05, 0) is 55.0 Å². The first-order chi connectivity index (χ1) is 14.0. The topological polar surface area (TPSA) is 59.8 Å². The fourth-order valence-corrected chi connectivity index (χ4v) is 3.58. The molecule has 0 fully saturated rings. The lowest BCUT2D eigenvalue weighted by Crippen LogP contribution is -2.15. The number of aromatic nitrogens is 3. The molecule has 0 aliphatic carbocycles. The van der Waals surface area contributed by atoms with Gasteiger partial charge < -0.3 is 5.32 Å². The van der Waals surface area contributed by atoms with Gasteiger partial charge >= 0.3 is 0 Å². The van der Waals surface area contributed by atoms with Crippen molar-refractivity contribution in [3.05, 3.63) is 93.7 Å². The zero-order valence-electron chi connectivity index (χ0n) is 15.4. The van der Waals surface area contributed by atoms with Crippen molar-refractivity contribution < 1.29 is 4.79 Å². The van der Waals surface area contributed by atoms with E-state index in [9.17, 15) is 4.79 Å². The molecule has 1 aromatic heterocycles. The second-order valence-electron chi connectivity index (χ2n) is 6.43. The number of nitrogens with zero attached hydrogens (tertiary/aromatic N) is 3. The molecular weight excluding hydrogens is 452 g/mol. The van der Waals surface area contributed by atoms with Gasteiger partial charge in [-0.15, -0.1) is 5.10 Å². The van der Waals surface area contributed by atoms with Gasteiger partial charge in [-0.3, -0.25) is 4.79 Å². The lowest BCUT2D eigenvalue weighted by molar-refractivity contribution is 0.101. The Balaban J connectivity index is 1.75. The maximum absolute atomic E-state index is 12.9. The molecule has 5 nitrogen and oxygen atoms in total. The number of hydrogen-bond donors (Lipinski definition) is 1. The van der Waals surface area contributed by atoms with Gasteiger partial charge in [0.1, 0.15) is 0 Å². The van der Waals surface area contributed by atoms with Crippen LogP contribution in [0.15, 0.2) is 77.3 Å². The highest BCUT2D eigenvalue weighted by atomic mass is 79.9.